The van der Waals surface area contributed by atoms with Crippen LogP contribution in [0.1, 0.15) is 75.6 Å². The van der Waals surface area contributed by atoms with Crippen LogP contribution in [-0.4, -0.2) is 9.81 Å². The maximum Gasteiger partial charge on any atom is 0.254 e. The Morgan fingerprint density at radius 3 is 2.52 bits per heavy atom. The number of carbonyl (C=O) groups excluding carboxylic acids is 1. The lowest BCUT2D eigenvalue weighted by atomic mass is 9.93. The average Bonchev–Trinajstić information content (AvgIpc) is 2.46. The highest BCUT2D eigenvalue weighted by Gasteiger charge is 2.21. The van der Waals surface area contributed by atoms with Crippen LogP contribution in [-0.2, 0) is 11.2 Å². The molecular formula is C17H24ClNO2. The maximum atomic E-state index is 12.8. The Morgan fingerprint density at radius 1 is 1.29 bits per heavy atom. The molecule has 0 atom stereocenters. The number of pyridine rings is 1. The lowest BCUT2D eigenvalue weighted by Crippen LogP contribution is -2.32. The minimum absolute atomic E-state index is 0.0750. The largest absolute Gasteiger partial charge is 0.309 e. The quantitative estimate of drug-likeness (QED) is 0.766. The van der Waals surface area contributed by atoms with Gasteiger partial charge in [0.1, 0.15) is 0 Å². The summed E-state index contributed by atoms with van der Waals surface area (Å²) in [5.74, 6) is 0.323. The first-order chi connectivity index (χ1) is 10.0. The normalized spacial score (nSPS) is 16.4. The predicted octanol–water partition coefficient (Wildman–Crippen LogP) is 4.17. The van der Waals surface area contributed by atoms with Crippen LogP contribution in [0.25, 0.3) is 0 Å². The summed E-state index contributed by atoms with van der Waals surface area (Å²) in [7, 11) is 0. The number of aryl methyl sites for hydroxylation is 1. The Morgan fingerprint density at radius 2 is 1.95 bits per heavy atom. The van der Waals surface area contributed by atoms with E-state index in [9.17, 15) is 9.59 Å². The monoisotopic (exact) mass is 309 g/mol. The van der Waals surface area contributed by atoms with E-state index >= 15 is 0 Å². The molecule has 2 rings (SSSR count). The van der Waals surface area contributed by atoms with Crippen LogP contribution in [0, 0.1) is 0 Å². The van der Waals surface area contributed by atoms with Gasteiger partial charge in [-0.05, 0) is 42.8 Å². The standard InChI is InChI=1S/C17H24ClNO2/c1-12(2)15-10-8-13(9-11-16(18)20)17(21)19(15)14-6-4-3-5-7-14/h8,10,12,14H,3-7,9,11H2,1-2H3. The summed E-state index contributed by atoms with van der Waals surface area (Å²) in [4.78, 5) is 23.8. The number of hydrogen-bond acceptors (Lipinski definition) is 2. The first-order valence-corrected chi connectivity index (χ1v) is 8.31. The zero-order valence-corrected chi connectivity index (χ0v) is 13.7. The number of nitrogens with zero attached hydrogens (tertiary/aromatic N) is 1. The molecule has 4 heteroatoms. The van der Waals surface area contributed by atoms with Gasteiger partial charge in [-0.25, -0.2) is 0 Å². The van der Waals surface area contributed by atoms with Crippen molar-refractivity contribution in [3.63, 3.8) is 0 Å². The smallest absolute Gasteiger partial charge is 0.254 e. The van der Waals surface area contributed by atoms with Crippen molar-refractivity contribution < 1.29 is 4.79 Å². The molecule has 0 aliphatic heterocycles. The fourth-order valence-electron chi connectivity index (χ4n) is 3.22. The van der Waals surface area contributed by atoms with Crippen LogP contribution in [0.5, 0.6) is 0 Å². The zero-order chi connectivity index (χ0) is 15.4. The first kappa shape index (κ1) is 16.3. The van der Waals surface area contributed by atoms with E-state index < -0.39 is 0 Å². The molecule has 0 aromatic carbocycles. The second-order valence-corrected chi connectivity index (χ2v) is 6.68. The molecule has 116 valence electrons. The van der Waals surface area contributed by atoms with Crippen molar-refractivity contribution >= 4 is 16.8 Å². The van der Waals surface area contributed by atoms with Gasteiger partial charge in [-0.2, -0.15) is 0 Å². The summed E-state index contributed by atoms with van der Waals surface area (Å²) in [6.45, 7) is 4.24. The lowest BCUT2D eigenvalue weighted by Gasteiger charge is -2.28. The van der Waals surface area contributed by atoms with Crippen LogP contribution in [0.15, 0.2) is 16.9 Å². The molecule has 1 fully saturated rings. The number of hydrogen-bond donors (Lipinski definition) is 0. The summed E-state index contributed by atoms with van der Waals surface area (Å²) in [5.41, 5.74) is 1.89. The molecule has 1 aromatic heterocycles. The number of carbonyl (C=O) groups is 1. The van der Waals surface area contributed by atoms with Crippen LogP contribution < -0.4 is 5.56 Å². The fraction of sp³-hybridized carbons (Fsp3) is 0.647. The minimum Gasteiger partial charge on any atom is -0.309 e. The van der Waals surface area contributed by atoms with Crippen molar-refractivity contribution in [2.75, 3.05) is 0 Å². The van der Waals surface area contributed by atoms with Crippen molar-refractivity contribution in [3.8, 4) is 0 Å². The van der Waals surface area contributed by atoms with Crippen molar-refractivity contribution in [2.45, 2.75) is 70.8 Å². The topological polar surface area (TPSA) is 39.1 Å². The van der Waals surface area contributed by atoms with E-state index in [2.05, 4.69) is 19.9 Å². The number of halogens is 1. The van der Waals surface area contributed by atoms with Gasteiger partial charge in [0, 0.05) is 23.7 Å². The third-order valence-electron chi connectivity index (χ3n) is 4.35. The Bertz CT molecular complexity index is 556. The van der Waals surface area contributed by atoms with E-state index in [1.54, 1.807) is 0 Å². The Balaban J connectivity index is 2.39. The molecule has 1 saturated carbocycles. The number of aromatic nitrogens is 1. The van der Waals surface area contributed by atoms with Crippen molar-refractivity contribution in [1.29, 1.82) is 0 Å². The van der Waals surface area contributed by atoms with Gasteiger partial charge in [0.25, 0.3) is 5.56 Å². The molecule has 0 radical (unpaired) electrons. The van der Waals surface area contributed by atoms with E-state index in [-0.39, 0.29) is 17.2 Å². The number of rotatable bonds is 5. The van der Waals surface area contributed by atoms with Crippen LogP contribution in [0.3, 0.4) is 0 Å². The molecular weight excluding hydrogens is 286 g/mol. The molecule has 1 aromatic rings. The molecule has 0 spiro atoms. The van der Waals surface area contributed by atoms with Crippen molar-refractivity contribution in [2.24, 2.45) is 0 Å². The second-order valence-electron chi connectivity index (χ2n) is 6.26. The van der Waals surface area contributed by atoms with Crippen LogP contribution in [0.2, 0.25) is 0 Å². The zero-order valence-electron chi connectivity index (χ0n) is 12.9. The molecule has 3 nitrogen and oxygen atoms in total. The van der Waals surface area contributed by atoms with Gasteiger partial charge in [0.05, 0.1) is 0 Å². The molecule has 1 aliphatic rings. The highest BCUT2D eigenvalue weighted by atomic mass is 35.5. The summed E-state index contributed by atoms with van der Waals surface area (Å²) in [5, 5.41) is -0.383. The van der Waals surface area contributed by atoms with Crippen LogP contribution >= 0.6 is 11.6 Å². The second kappa shape index (κ2) is 7.26. The van der Waals surface area contributed by atoms with Gasteiger partial charge in [0.15, 0.2) is 0 Å². The molecule has 0 amide bonds. The van der Waals surface area contributed by atoms with Gasteiger partial charge in [-0.15, -0.1) is 0 Å². The Hall–Kier alpha value is -1.09. The summed E-state index contributed by atoms with van der Waals surface area (Å²) in [6, 6.07) is 4.24. The molecule has 0 N–H and O–H groups in total. The van der Waals surface area contributed by atoms with E-state index in [1.807, 2.05) is 10.6 Å². The average molecular weight is 310 g/mol. The predicted molar refractivity (Wildman–Crippen MR) is 86.1 cm³/mol. The third kappa shape index (κ3) is 3.97. The van der Waals surface area contributed by atoms with E-state index in [4.69, 9.17) is 11.6 Å². The molecule has 21 heavy (non-hydrogen) atoms. The third-order valence-corrected chi connectivity index (χ3v) is 4.54. The molecule has 0 unspecified atom stereocenters. The molecule has 1 aliphatic carbocycles. The summed E-state index contributed by atoms with van der Waals surface area (Å²) in [6.07, 6.45) is 6.48. The minimum atomic E-state index is -0.383. The van der Waals surface area contributed by atoms with Crippen molar-refractivity contribution in [3.05, 3.63) is 33.7 Å². The van der Waals surface area contributed by atoms with E-state index in [0.717, 1.165) is 18.5 Å². The van der Waals surface area contributed by atoms with Gasteiger partial charge >= 0.3 is 0 Å². The first-order valence-electron chi connectivity index (χ1n) is 7.93. The molecule has 0 saturated heterocycles. The van der Waals surface area contributed by atoms with Gasteiger partial charge in [0.2, 0.25) is 5.24 Å². The maximum absolute atomic E-state index is 12.8. The fourth-order valence-corrected chi connectivity index (χ4v) is 3.31. The van der Waals surface area contributed by atoms with Gasteiger partial charge in [-0.3, -0.25) is 9.59 Å². The van der Waals surface area contributed by atoms with Crippen molar-refractivity contribution in [1.82, 2.24) is 4.57 Å². The molecule has 0 bridgehead atoms. The van der Waals surface area contributed by atoms with E-state index in [0.29, 0.717) is 23.9 Å². The van der Waals surface area contributed by atoms with Crippen LogP contribution in [0.4, 0.5) is 0 Å². The van der Waals surface area contributed by atoms with Gasteiger partial charge in [-0.1, -0.05) is 39.2 Å². The highest BCUT2D eigenvalue weighted by Crippen LogP contribution is 2.30. The van der Waals surface area contributed by atoms with E-state index in [1.165, 1.54) is 19.3 Å². The Labute approximate surface area is 131 Å². The summed E-state index contributed by atoms with van der Waals surface area (Å²) >= 11 is 5.40. The lowest BCUT2D eigenvalue weighted by molar-refractivity contribution is -0.111. The van der Waals surface area contributed by atoms with Gasteiger partial charge < -0.3 is 4.57 Å². The Kier molecular flexibility index (Phi) is 5.63. The molecule has 1 heterocycles. The highest BCUT2D eigenvalue weighted by molar-refractivity contribution is 6.63. The summed E-state index contributed by atoms with van der Waals surface area (Å²) < 4.78 is 2.00. The SMILES string of the molecule is CC(C)c1ccc(CCC(=O)Cl)c(=O)n1C1CCCCC1.